The predicted molar refractivity (Wildman–Crippen MR) is 109 cm³/mol. The summed E-state index contributed by atoms with van der Waals surface area (Å²) in [5, 5.41) is 31.7. The van der Waals surface area contributed by atoms with E-state index in [1.807, 2.05) is 12.1 Å². The van der Waals surface area contributed by atoms with Crippen molar-refractivity contribution < 1.29 is 19.6 Å². The molecule has 0 aliphatic carbocycles. The lowest BCUT2D eigenvalue weighted by Crippen LogP contribution is -2.24. The minimum absolute atomic E-state index is 0.0650. The number of azo groups is 1. The molecule has 10 heteroatoms. The predicted octanol–water partition coefficient (Wildman–Crippen LogP) is 3.61. The first-order chi connectivity index (χ1) is 14.4. The molecule has 0 radical (unpaired) electrons. The summed E-state index contributed by atoms with van der Waals surface area (Å²) >= 11 is 0. The number of carbonyl (C=O) groups is 2. The molecule has 0 saturated heterocycles. The van der Waals surface area contributed by atoms with Crippen LogP contribution in [0.3, 0.4) is 0 Å². The van der Waals surface area contributed by atoms with E-state index in [-0.39, 0.29) is 41.7 Å². The molecule has 0 bridgehead atoms. The van der Waals surface area contributed by atoms with Crippen LogP contribution in [0, 0.1) is 10.1 Å². The fraction of sp³-hybridized carbons (Fsp3) is 0.200. The van der Waals surface area contributed by atoms with Crippen molar-refractivity contribution in [3.05, 3.63) is 64.2 Å². The summed E-state index contributed by atoms with van der Waals surface area (Å²) in [6, 6.07) is 12.5. The number of aromatic nitrogens is 1. The molecule has 3 rings (SSSR count). The first-order valence-corrected chi connectivity index (χ1v) is 9.12. The van der Waals surface area contributed by atoms with Gasteiger partial charge in [0.15, 0.2) is 5.69 Å². The number of hydrogen-bond donors (Lipinski definition) is 2. The van der Waals surface area contributed by atoms with Crippen LogP contribution < -0.4 is 5.32 Å². The number of aromatic hydroxyl groups is 1. The Hall–Kier alpha value is -4.08. The van der Waals surface area contributed by atoms with Gasteiger partial charge in [-0.1, -0.05) is 18.2 Å². The zero-order chi connectivity index (χ0) is 21.7. The highest BCUT2D eigenvalue weighted by Gasteiger charge is 2.14. The fourth-order valence-corrected chi connectivity index (χ4v) is 2.89. The second-order valence-corrected chi connectivity index (χ2v) is 6.51. The Bertz CT molecular complexity index is 1130. The number of nitrogens with one attached hydrogen (secondary N) is 1. The Kier molecular flexibility index (Phi) is 6.16. The molecule has 0 saturated carbocycles. The first-order valence-electron chi connectivity index (χ1n) is 9.12. The molecular weight excluding hydrogens is 390 g/mol. The molecule has 2 amide bonds. The van der Waals surface area contributed by atoms with Crippen molar-refractivity contribution in [3.63, 3.8) is 0 Å². The number of hydrogen-bond acceptors (Lipinski definition) is 6. The number of carbonyl (C=O) groups excluding carboxylic acids is 2. The van der Waals surface area contributed by atoms with Crippen LogP contribution in [0.5, 0.6) is 5.88 Å². The summed E-state index contributed by atoms with van der Waals surface area (Å²) in [4.78, 5) is 34.1. The number of amides is 2. The van der Waals surface area contributed by atoms with Gasteiger partial charge in [0.25, 0.3) is 17.5 Å². The Morgan fingerprint density at radius 2 is 1.87 bits per heavy atom. The smallest absolute Gasteiger partial charge is 0.269 e. The van der Waals surface area contributed by atoms with Gasteiger partial charge in [0.2, 0.25) is 5.88 Å². The van der Waals surface area contributed by atoms with Gasteiger partial charge >= 0.3 is 0 Å². The van der Waals surface area contributed by atoms with E-state index >= 15 is 0 Å². The zero-order valence-electron chi connectivity index (χ0n) is 16.1. The topological polar surface area (TPSA) is 139 Å². The second-order valence-electron chi connectivity index (χ2n) is 6.51. The first kappa shape index (κ1) is 20.6. The van der Waals surface area contributed by atoms with Gasteiger partial charge in [0.05, 0.1) is 10.4 Å². The number of benzene rings is 2. The van der Waals surface area contributed by atoms with E-state index < -0.39 is 10.8 Å². The Balaban J connectivity index is 1.50. The fourth-order valence-electron chi connectivity index (χ4n) is 2.89. The molecular formula is C20H19N5O5. The number of nitrogens with zero attached hydrogens (tertiary/aromatic N) is 4. The molecule has 0 atom stereocenters. The van der Waals surface area contributed by atoms with Gasteiger partial charge in [-0.05, 0) is 24.6 Å². The minimum atomic E-state index is -0.542. The summed E-state index contributed by atoms with van der Waals surface area (Å²) < 4.78 is 1.56. The van der Waals surface area contributed by atoms with Crippen molar-refractivity contribution in [2.24, 2.45) is 17.3 Å². The van der Waals surface area contributed by atoms with E-state index in [9.17, 15) is 24.8 Å². The van der Waals surface area contributed by atoms with Crippen molar-refractivity contribution in [2.45, 2.75) is 12.8 Å². The molecule has 0 aliphatic heterocycles. The van der Waals surface area contributed by atoms with Gasteiger partial charge in [0.1, 0.15) is 0 Å². The van der Waals surface area contributed by atoms with Crippen LogP contribution in [-0.2, 0) is 11.8 Å². The van der Waals surface area contributed by atoms with E-state index in [0.29, 0.717) is 11.8 Å². The van der Waals surface area contributed by atoms with Crippen molar-refractivity contribution in [1.29, 1.82) is 0 Å². The SMILES string of the molecule is Cn1c(O)c(N=NC(=O)CCCNC(=O)c2ccc([N+](=O)[O-])cc2)c2ccccc21. The van der Waals surface area contributed by atoms with Crippen LogP contribution in [0.25, 0.3) is 10.9 Å². The number of non-ortho nitro benzene ring substituents is 1. The highest BCUT2D eigenvalue weighted by molar-refractivity contribution is 5.95. The van der Waals surface area contributed by atoms with Gasteiger partial charge in [-0.15, -0.1) is 10.2 Å². The molecule has 0 spiro atoms. The average Bonchev–Trinajstić information content (AvgIpc) is 2.99. The maximum atomic E-state index is 12.0. The van der Waals surface area contributed by atoms with Crippen LogP contribution >= 0.6 is 0 Å². The molecule has 2 N–H and O–H groups in total. The maximum absolute atomic E-state index is 12.0. The van der Waals surface area contributed by atoms with Crippen LogP contribution in [0.1, 0.15) is 23.2 Å². The third-order valence-electron chi connectivity index (χ3n) is 4.50. The van der Waals surface area contributed by atoms with E-state index in [0.717, 1.165) is 5.52 Å². The summed E-state index contributed by atoms with van der Waals surface area (Å²) in [6.45, 7) is 0.233. The number of fused-ring (bicyclic) bond motifs is 1. The third kappa shape index (κ3) is 4.49. The van der Waals surface area contributed by atoms with Crippen molar-refractivity contribution >= 4 is 34.1 Å². The van der Waals surface area contributed by atoms with E-state index in [1.54, 1.807) is 23.7 Å². The monoisotopic (exact) mass is 409 g/mol. The number of para-hydroxylation sites is 1. The molecule has 30 heavy (non-hydrogen) atoms. The third-order valence-corrected chi connectivity index (χ3v) is 4.50. The lowest BCUT2D eigenvalue weighted by Gasteiger charge is -2.04. The van der Waals surface area contributed by atoms with Gasteiger partial charge in [-0.2, -0.15) is 0 Å². The van der Waals surface area contributed by atoms with E-state index in [2.05, 4.69) is 15.5 Å². The van der Waals surface area contributed by atoms with E-state index in [1.165, 1.54) is 24.3 Å². The number of nitro benzene ring substituents is 1. The molecule has 1 aromatic heterocycles. The molecule has 0 aliphatic rings. The van der Waals surface area contributed by atoms with Crippen LogP contribution in [0.4, 0.5) is 11.4 Å². The number of aryl methyl sites for hydroxylation is 1. The van der Waals surface area contributed by atoms with Gasteiger partial charge in [0, 0.05) is 43.1 Å². The Morgan fingerprint density at radius 3 is 2.57 bits per heavy atom. The van der Waals surface area contributed by atoms with Crippen LogP contribution in [0.15, 0.2) is 58.8 Å². The highest BCUT2D eigenvalue weighted by Crippen LogP contribution is 2.37. The molecule has 2 aromatic carbocycles. The normalized spacial score (nSPS) is 11.1. The lowest BCUT2D eigenvalue weighted by molar-refractivity contribution is -0.384. The number of rotatable bonds is 7. The summed E-state index contributed by atoms with van der Waals surface area (Å²) in [5.74, 6) is -0.949. The average molecular weight is 409 g/mol. The second kappa shape index (κ2) is 8.95. The van der Waals surface area contributed by atoms with Crippen LogP contribution in [-0.4, -0.2) is 33.0 Å². The summed E-state index contributed by atoms with van der Waals surface area (Å²) in [7, 11) is 1.69. The molecule has 154 valence electrons. The standard InChI is InChI=1S/C20H19N5O5/c1-24-16-6-3-2-5-15(16)18(20(24)28)23-22-17(26)7-4-12-21-19(27)13-8-10-14(11-9-13)25(29)30/h2-3,5-6,8-11,28H,4,7,12H2,1H3,(H,21,27). The van der Waals surface area contributed by atoms with Gasteiger partial charge in [-0.3, -0.25) is 19.7 Å². The van der Waals surface area contributed by atoms with Crippen molar-refractivity contribution in [2.75, 3.05) is 6.54 Å². The van der Waals surface area contributed by atoms with Gasteiger partial charge in [-0.25, -0.2) is 0 Å². The van der Waals surface area contributed by atoms with E-state index in [4.69, 9.17) is 0 Å². The van der Waals surface area contributed by atoms with Crippen LogP contribution in [0.2, 0.25) is 0 Å². The molecule has 3 aromatic rings. The Labute approximate surface area is 171 Å². The van der Waals surface area contributed by atoms with Gasteiger partial charge < -0.3 is 15.0 Å². The molecule has 1 heterocycles. The quantitative estimate of drug-likeness (QED) is 0.265. The minimum Gasteiger partial charge on any atom is -0.493 e. The molecule has 10 nitrogen and oxygen atoms in total. The largest absolute Gasteiger partial charge is 0.493 e. The Morgan fingerprint density at radius 1 is 1.17 bits per heavy atom. The lowest BCUT2D eigenvalue weighted by atomic mass is 10.2. The maximum Gasteiger partial charge on any atom is 0.269 e. The summed E-state index contributed by atoms with van der Waals surface area (Å²) in [5.41, 5.74) is 1.19. The molecule has 0 unspecified atom stereocenters. The highest BCUT2D eigenvalue weighted by atomic mass is 16.6. The van der Waals surface area contributed by atoms with Crippen molar-refractivity contribution in [3.8, 4) is 5.88 Å². The zero-order valence-corrected chi connectivity index (χ0v) is 16.1. The van der Waals surface area contributed by atoms with Crippen molar-refractivity contribution in [1.82, 2.24) is 9.88 Å². The summed E-state index contributed by atoms with van der Waals surface area (Å²) in [6.07, 6.45) is 0.410. The number of nitro groups is 1. The molecule has 0 fully saturated rings.